The van der Waals surface area contributed by atoms with Crippen LogP contribution in [0, 0.1) is 0 Å². The van der Waals surface area contributed by atoms with Crippen molar-refractivity contribution in [2.45, 2.75) is 102 Å². The normalized spacial score (nSPS) is 29.1. The summed E-state index contributed by atoms with van der Waals surface area (Å²) < 4.78 is 0. The van der Waals surface area contributed by atoms with E-state index in [-0.39, 0.29) is 18.7 Å². The van der Waals surface area contributed by atoms with E-state index in [2.05, 4.69) is 12.2 Å². The molecule has 0 spiro atoms. The van der Waals surface area contributed by atoms with Crippen LogP contribution < -0.4 is 5.32 Å². The van der Waals surface area contributed by atoms with Crippen LogP contribution in [0.1, 0.15) is 77.6 Å². The van der Waals surface area contributed by atoms with E-state index in [1.54, 1.807) is 0 Å². The van der Waals surface area contributed by atoms with Crippen molar-refractivity contribution < 1.29 is 15.3 Å². The first-order valence-electron chi connectivity index (χ1n) is 8.93. The van der Waals surface area contributed by atoms with E-state index < -0.39 is 12.2 Å². The van der Waals surface area contributed by atoms with Gasteiger partial charge in [0.2, 0.25) is 0 Å². The van der Waals surface area contributed by atoms with Gasteiger partial charge in [-0.1, -0.05) is 71.1 Å². The highest BCUT2D eigenvalue weighted by Gasteiger charge is 2.39. The molecule has 1 fully saturated rings. The standard InChI is InChI=1S/C17H35NO3/c1-2-3-4-5-6-7-8-9-10-11-12-14-16(20)17(21)15(13-19)18-14/h14-21H,2-13H2,1H3/t14-,15-,16-,17-/m1/s1. The Morgan fingerprint density at radius 2 is 1.19 bits per heavy atom. The summed E-state index contributed by atoms with van der Waals surface area (Å²) in [5, 5.41) is 31.8. The fourth-order valence-corrected chi connectivity index (χ4v) is 3.21. The molecule has 4 atom stereocenters. The molecule has 4 heteroatoms. The molecule has 1 rings (SSSR count). The molecule has 1 aliphatic rings. The van der Waals surface area contributed by atoms with Crippen LogP contribution in [0.3, 0.4) is 0 Å². The molecular formula is C17H35NO3. The Kier molecular flexibility index (Phi) is 10.3. The maximum atomic E-state index is 9.88. The third kappa shape index (κ3) is 7.09. The summed E-state index contributed by atoms with van der Waals surface area (Å²) >= 11 is 0. The Bertz CT molecular complexity index is 250. The molecule has 21 heavy (non-hydrogen) atoms. The van der Waals surface area contributed by atoms with Gasteiger partial charge >= 0.3 is 0 Å². The first-order valence-corrected chi connectivity index (χ1v) is 8.93. The van der Waals surface area contributed by atoms with Crippen LogP contribution in [0.25, 0.3) is 0 Å². The fraction of sp³-hybridized carbons (Fsp3) is 1.00. The number of aliphatic hydroxyl groups excluding tert-OH is 3. The number of unbranched alkanes of at least 4 members (excludes halogenated alkanes) is 9. The molecule has 0 amide bonds. The SMILES string of the molecule is CCCCCCCCCCCC[C@H]1N[C@H](CO)[C@@H](O)[C@@H]1O. The minimum absolute atomic E-state index is 0.0637. The molecule has 4 N–H and O–H groups in total. The van der Waals surface area contributed by atoms with E-state index in [0.717, 1.165) is 12.8 Å². The third-order valence-electron chi connectivity index (χ3n) is 4.67. The van der Waals surface area contributed by atoms with E-state index in [4.69, 9.17) is 5.11 Å². The van der Waals surface area contributed by atoms with Gasteiger partial charge in [0.05, 0.1) is 24.9 Å². The molecule has 4 nitrogen and oxygen atoms in total. The van der Waals surface area contributed by atoms with Crippen molar-refractivity contribution >= 4 is 0 Å². The number of hydrogen-bond acceptors (Lipinski definition) is 4. The second kappa shape index (κ2) is 11.4. The second-order valence-electron chi connectivity index (χ2n) is 6.51. The minimum Gasteiger partial charge on any atom is -0.395 e. The van der Waals surface area contributed by atoms with Gasteiger partial charge in [-0.25, -0.2) is 0 Å². The monoisotopic (exact) mass is 301 g/mol. The average molecular weight is 301 g/mol. The molecule has 1 heterocycles. The molecule has 0 aromatic rings. The van der Waals surface area contributed by atoms with Crippen molar-refractivity contribution in [3.63, 3.8) is 0 Å². The van der Waals surface area contributed by atoms with Crippen molar-refractivity contribution in [1.29, 1.82) is 0 Å². The van der Waals surface area contributed by atoms with E-state index >= 15 is 0 Å². The average Bonchev–Trinajstić information content (AvgIpc) is 2.77. The lowest BCUT2D eigenvalue weighted by atomic mass is 10.0. The Morgan fingerprint density at radius 3 is 1.67 bits per heavy atom. The highest BCUT2D eigenvalue weighted by molar-refractivity contribution is 4.97. The van der Waals surface area contributed by atoms with Crippen LogP contribution >= 0.6 is 0 Å². The first-order chi connectivity index (χ1) is 10.2. The molecule has 0 aromatic carbocycles. The van der Waals surface area contributed by atoms with Gasteiger partial charge in [-0.2, -0.15) is 0 Å². The van der Waals surface area contributed by atoms with Gasteiger partial charge in [-0.3, -0.25) is 0 Å². The van der Waals surface area contributed by atoms with Crippen LogP contribution in [-0.4, -0.2) is 46.2 Å². The van der Waals surface area contributed by atoms with Crippen molar-refractivity contribution in [2.75, 3.05) is 6.61 Å². The summed E-state index contributed by atoms with van der Waals surface area (Å²) in [7, 11) is 0. The lowest BCUT2D eigenvalue weighted by Crippen LogP contribution is -2.36. The molecule has 1 saturated heterocycles. The van der Waals surface area contributed by atoms with E-state index in [9.17, 15) is 10.2 Å². The van der Waals surface area contributed by atoms with Gasteiger partial charge in [-0.15, -0.1) is 0 Å². The van der Waals surface area contributed by atoms with Crippen LogP contribution in [0.5, 0.6) is 0 Å². The zero-order valence-corrected chi connectivity index (χ0v) is 13.6. The first kappa shape index (κ1) is 18.9. The zero-order chi connectivity index (χ0) is 15.5. The zero-order valence-electron chi connectivity index (χ0n) is 13.6. The van der Waals surface area contributed by atoms with E-state index in [1.807, 2.05) is 0 Å². The smallest absolute Gasteiger partial charge is 0.0989 e. The third-order valence-corrected chi connectivity index (χ3v) is 4.67. The summed E-state index contributed by atoms with van der Waals surface area (Å²) in [6.07, 6.45) is 12.3. The second-order valence-corrected chi connectivity index (χ2v) is 6.51. The van der Waals surface area contributed by atoms with Crippen LogP contribution in [0.15, 0.2) is 0 Å². The van der Waals surface area contributed by atoms with Crippen LogP contribution in [0.4, 0.5) is 0 Å². The molecular weight excluding hydrogens is 266 g/mol. The number of hydrogen-bond donors (Lipinski definition) is 4. The van der Waals surface area contributed by atoms with E-state index in [0.29, 0.717) is 0 Å². The van der Waals surface area contributed by atoms with Crippen molar-refractivity contribution in [1.82, 2.24) is 5.32 Å². The molecule has 0 bridgehead atoms. The maximum Gasteiger partial charge on any atom is 0.0989 e. The van der Waals surface area contributed by atoms with Crippen molar-refractivity contribution in [3.8, 4) is 0 Å². The highest BCUT2D eigenvalue weighted by Crippen LogP contribution is 2.19. The lowest BCUT2D eigenvalue weighted by molar-refractivity contribution is 0.0186. The highest BCUT2D eigenvalue weighted by atomic mass is 16.3. The predicted octanol–water partition coefficient (Wildman–Crippen LogP) is 2.35. The van der Waals surface area contributed by atoms with E-state index in [1.165, 1.54) is 57.8 Å². The molecule has 0 aromatic heterocycles. The maximum absolute atomic E-state index is 9.88. The van der Waals surface area contributed by atoms with Gasteiger partial charge in [0, 0.05) is 6.04 Å². The Morgan fingerprint density at radius 1 is 0.714 bits per heavy atom. The Hall–Kier alpha value is -0.160. The van der Waals surface area contributed by atoms with Crippen LogP contribution in [0.2, 0.25) is 0 Å². The molecule has 1 aliphatic heterocycles. The number of nitrogens with one attached hydrogen (secondary N) is 1. The molecule has 126 valence electrons. The summed E-state index contributed by atoms with van der Waals surface area (Å²) in [4.78, 5) is 0. The minimum atomic E-state index is -0.830. The fourth-order valence-electron chi connectivity index (χ4n) is 3.21. The Balaban J connectivity index is 1.93. The quantitative estimate of drug-likeness (QED) is 0.418. The van der Waals surface area contributed by atoms with Gasteiger partial charge in [-0.05, 0) is 6.42 Å². The molecule has 0 saturated carbocycles. The summed E-state index contributed by atoms with van der Waals surface area (Å²) in [6.45, 7) is 2.13. The van der Waals surface area contributed by atoms with Crippen molar-refractivity contribution in [2.24, 2.45) is 0 Å². The van der Waals surface area contributed by atoms with Crippen molar-refractivity contribution in [3.05, 3.63) is 0 Å². The van der Waals surface area contributed by atoms with Gasteiger partial charge in [0.15, 0.2) is 0 Å². The largest absolute Gasteiger partial charge is 0.395 e. The molecule has 0 unspecified atom stereocenters. The summed E-state index contributed by atoms with van der Waals surface area (Å²) in [6, 6.07) is -0.431. The lowest BCUT2D eigenvalue weighted by Gasteiger charge is -2.15. The Labute approximate surface area is 130 Å². The summed E-state index contributed by atoms with van der Waals surface area (Å²) in [5.74, 6) is 0. The van der Waals surface area contributed by atoms with Crippen LogP contribution in [-0.2, 0) is 0 Å². The topological polar surface area (TPSA) is 72.7 Å². The molecule has 0 aliphatic carbocycles. The van der Waals surface area contributed by atoms with Gasteiger partial charge < -0.3 is 20.6 Å². The number of aliphatic hydroxyl groups is 3. The molecule has 0 radical (unpaired) electrons. The predicted molar refractivity (Wildman–Crippen MR) is 86.3 cm³/mol. The van der Waals surface area contributed by atoms with Gasteiger partial charge in [0.25, 0.3) is 0 Å². The number of rotatable bonds is 12. The summed E-state index contributed by atoms with van der Waals surface area (Å²) in [5.41, 5.74) is 0. The van der Waals surface area contributed by atoms with Gasteiger partial charge in [0.1, 0.15) is 0 Å².